The molecule has 2 unspecified atom stereocenters. The summed E-state index contributed by atoms with van der Waals surface area (Å²) >= 11 is 3.48. The number of anilines is 1. The zero-order valence-corrected chi connectivity index (χ0v) is 12.5. The molecule has 2 atom stereocenters. The smallest absolute Gasteiger partial charge is 0.137 e. The minimum Gasteiger partial charge on any atom is -0.390 e. The molecule has 0 aliphatic heterocycles. The Labute approximate surface area is 121 Å². The molecule has 1 aliphatic rings. The second-order valence-electron chi connectivity index (χ2n) is 5.66. The molecular weight excluding hydrogens is 306 g/mol. The van der Waals surface area contributed by atoms with E-state index in [1.165, 1.54) is 0 Å². The van der Waals surface area contributed by atoms with Crippen LogP contribution in [0.5, 0.6) is 0 Å². The Morgan fingerprint density at radius 2 is 2.37 bits per heavy atom. The first-order valence-corrected chi connectivity index (χ1v) is 7.44. The fourth-order valence-electron chi connectivity index (χ4n) is 2.86. The lowest BCUT2D eigenvalue weighted by Gasteiger charge is -2.34. The third-order valence-electron chi connectivity index (χ3n) is 3.79. The summed E-state index contributed by atoms with van der Waals surface area (Å²) in [5.74, 6) is 0. The van der Waals surface area contributed by atoms with Crippen molar-refractivity contribution >= 4 is 27.3 Å². The van der Waals surface area contributed by atoms with Crippen molar-refractivity contribution in [3.63, 3.8) is 0 Å². The number of rotatable bonds is 2. The van der Waals surface area contributed by atoms with Crippen molar-refractivity contribution in [1.29, 1.82) is 0 Å². The number of halogens is 1. The van der Waals surface area contributed by atoms with Gasteiger partial charge in [0.2, 0.25) is 0 Å². The highest BCUT2D eigenvalue weighted by Crippen LogP contribution is 2.30. The van der Waals surface area contributed by atoms with Gasteiger partial charge in [-0.1, -0.05) is 0 Å². The van der Waals surface area contributed by atoms with Crippen molar-refractivity contribution in [2.24, 2.45) is 0 Å². The summed E-state index contributed by atoms with van der Waals surface area (Å²) in [7, 11) is 0. The Morgan fingerprint density at radius 3 is 3.16 bits per heavy atom. The summed E-state index contributed by atoms with van der Waals surface area (Å²) in [5, 5.41) is 13.7. The van der Waals surface area contributed by atoms with Crippen LogP contribution < -0.4 is 5.32 Å². The molecule has 0 amide bonds. The van der Waals surface area contributed by atoms with Crippen molar-refractivity contribution < 1.29 is 5.11 Å². The van der Waals surface area contributed by atoms with Gasteiger partial charge in [-0.15, -0.1) is 0 Å². The van der Waals surface area contributed by atoms with Gasteiger partial charge in [-0.2, -0.15) is 0 Å². The van der Waals surface area contributed by atoms with E-state index in [-0.39, 0.29) is 0 Å². The largest absolute Gasteiger partial charge is 0.390 e. The number of pyridine rings is 1. The molecule has 1 saturated carbocycles. The van der Waals surface area contributed by atoms with E-state index in [1.54, 1.807) is 6.20 Å². The van der Waals surface area contributed by atoms with Crippen LogP contribution in [0.4, 0.5) is 5.69 Å². The molecule has 3 rings (SSSR count). The first-order chi connectivity index (χ1) is 9.03. The molecule has 1 aliphatic carbocycles. The van der Waals surface area contributed by atoms with Gasteiger partial charge in [0.25, 0.3) is 0 Å². The number of nitrogens with zero attached hydrogens (tertiary/aromatic N) is 2. The van der Waals surface area contributed by atoms with E-state index in [0.29, 0.717) is 6.04 Å². The first kappa shape index (κ1) is 12.9. The molecule has 0 radical (unpaired) electrons. The zero-order valence-electron chi connectivity index (χ0n) is 10.9. The molecule has 19 heavy (non-hydrogen) atoms. The van der Waals surface area contributed by atoms with Gasteiger partial charge in [0.05, 0.1) is 17.5 Å². The summed E-state index contributed by atoms with van der Waals surface area (Å²) in [5.41, 5.74) is 1.46. The van der Waals surface area contributed by atoms with Crippen LogP contribution in [0.25, 0.3) is 5.65 Å². The molecule has 2 aromatic heterocycles. The van der Waals surface area contributed by atoms with E-state index in [1.807, 2.05) is 29.7 Å². The zero-order chi connectivity index (χ0) is 13.5. The lowest BCUT2D eigenvalue weighted by atomic mass is 9.83. The maximum absolute atomic E-state index is 10.1. The van der Waals surface area contributed by atoms with Crippen LogP contribution >= 0.6 is 15.9 Å². The number of imidazole rings is 1. The lowest BCUT2D eigenvalue weighted by Crippen LogP contribution is -2.38. The molecule has 2 heterocycles. The fraction of sp³-hybridized carbons (Fsp3) is 0.500. The molecule has 2 N–H and O–H groups in total. The van der Waals surface area contributed by atoms with Crippen LogP contribution in [0.1, 0.15) is 32.6 Å². The lowest BCUT2D eigenvalue weighted by molar-refractivity contribution is 0.0182. The normalized spacial score (nSPS) is 27.6. The molecule has 1 fully saturated rings. The van der Waals surface area contributed by atoms with Crippen LogP contribution in [-0.2, 0) is 0 Å². The van der Waals surface area contributed by atoms with Gasteiger partial charge in [0.1, 0.15) is 10.3 Å². The topological polar surface area (TPSA) is 49.6 Å². The molecular formula is C14H18BrN3O. The van der Waals surface area contributed by atoms with Gasteiger partial charge in [-0.25, -0.2) is 4.98 Å². The molecule has 5 heteroatoms. The third-order valence-corrected chi connectivity index (χ3v) is 4.37. The predicted octanol–water partition coefficient (Wildman–Crippen LogP) is 3.20. The molecule has 0 bridgehead atoms. The summed E-state index contributed by atoms with van der Waals surface area (Å²) in [6.07, 6.45) is 7.72. The number of fused-ring (bicyclic) bond motifs is 1. The van der Waals surface area contributed by atoms with Gasteiger partial charge in [0.15, 0.2) is 0 Å². The molecule has 102 valence electrons. The van der Waals surface area contributed by atoms with E-state index < -0.39 is 5.60 Å². The van der Waals surface area contributed by atoms with E-state index in [0.717, 1.165) is 41.6 Å². The maximum Gasteiger partial charge on any atom is 0.137 e. The van der Waals surface area contributed by atoms with Gasteiger partial charge < -0.3 is 10.4 Å². The highest BCUT2D eigenvalue weighted by atomic mass is 79.9. The van der Waals surface area contributed by atoms with E-state index in [9.17, 15) is 5.11 Å². The Bertz CT molecular complexity index is 593. The van der Waals surface area contributed by atoms with Crippen molar-refractivity contribution in [1.82, 2.24) is 9.38 Å². The van der Waals surface area contributed by atoms with Crippen molar-refractivity contribution in [3.05, 3.63) is 29.1 Å². The number of nitrogens with one attached hydrogen (secondary N) is 1. The van der Waals surface area contributed by atoms with Gasteiger partial charge in [0, 0.05) is 12.2 Å². The number of hydrogen-bond acceptors (Lipinski definition) is 3. The summed E-state index contributed by atoms with van der Waals surface area (Å²) < 4.78 is 2.95. The average molecular weight is 324 g/mol. The first-order valence-electron chi connectivity index (χ1n) is 6.65. The van der Waals surface area contributed by atoms with Gasteiger partial charge in [-0.05, 0) is 60.7 Å². The highest BCUT2D eigenvalue weighted by Gasteiger charge is 2.29. The third kappa shape index (κ3) is 2.77. The standard InChI is InChI=1S/C14H18BrN3O/c1-14(19)6-2-3-10(7-14)17-11-4-5-13-16-8-12(15)18(13)9-11/h4-5,8-10,17,19H,2-3,6-7H2,1H3. The Kier molecular flexibility index (Phi) is 3.27. The highest BCUT2D eigenvalue weighted by molar-refractivity contribution is 9.10. The number of aromatic nitrogens is 2. The summed E-state index contributed by atoms with van der Waals surface area (Å²) in [6, 6.07) is 4.37. The summed E-state index contributed by atoms with van der Waals surface area (Å²) in [4.78, 5) is 4.28. The van der Waals surface area contributed by atoms with E-state index >= 15 is 0 Å². The summed E-state index contributed by atoms with van der Waals surface area (Å²) in [6.45, 7) is 1.93. The molecule has 0 spiro atoms. The van der Waals surface area contributed by atoms with Gasteiger partial charge >= 0.3 is 0 Å². The Balaban J connectivity index is 1.79. The van der Waals surface area contributed by atoms with Crippen LogP contribution in [0.3, 0.4) is 0 Å². The van der Waals surface area contributed by atoms with Crippen molar-refractivity contribution in [3.8, 4) is 0 Å². The average Bonchev–Trinajstić information content (AvgIpc) is 2.70. The van der Waals surface area contributed by atoms with Crippen LogP contribution in [0, 0.1) is 0 Å². The van der Waals surface area contributed by atoms with Crippen LogP contribution in [0.2, 0.25) is 0 Å². The number of aliphatic hydroxyl groups is 1. The second kappa shape index (κ2) is 4.80. The van der Waals surface area contributed by atoms with Crippen molar-refractivity contribution in [2.75, 3.05) is 5.32 Å². The van der Waals surface area contributed by atoms with E-state index in [4.69, 9.17) is 0 Å². The van der Waals surface area contributed by atoms with Crippen LogP contribution in [-0.4, -0.2) is 26.1 Å². The fourth-order valence-corrected chi connectivity index (χ4v) is 3.25. The minimum absolute atomic E-state index is 0.337. The Morgan fingerprint density at radius 1 is 1.53 bits per heavy atom. The van der Waals surface area contributed by atoms with E-state index in [2.05, 4.69) is 26.2 Å². The van der Waals surface area contributed by atoms with Gasteiger partial charge in [-0.3, -0.25) is 4.40 Å². The molecule has 2 aromatic rings. The van der Waals surface area contributed by atoms with Crippen LogP contribution in [0.15, 0.2) is 29.1 Å². The molecule has 4 nitrogen and oxygen atoms in total. The minimum atomic E-state index is -0.532. The molecule has 0 aromatic carbocycles. The second-order valence-corrected chi connectivity index (χ2v) is 6.47. The quantitative estimate of drug-likeness (QED) is 0.892. The Hall–Kier alpha value is -1.07. The maximum atomic E-state index is 10.1. The molecule has 0 saturated heterocycles. The number of hydrogen-bond donors (Lipinski definition) is 2. The SMILES string of the molecule is CC1(O)CCCC(Nc2ccc3ncc(Br)n3c2)C1. The van der Waals surface area contributed by atoms with Crippen molar-refractivity contribution in [2.45, 2.75) is 44.2 Å². The predicted molar refractivity (Wildman–Crippen MR) is 79.4 cm³/mol. The monoisotopic (exact) mass is 323 g/mol.